The Hall–Kier alpha value is -2.11. The van der Waals surface area contributed by atoms with E-state index in [1.165, 1.54) is 27.6 Å². The second-order valence-corrected chi connectivity index (χ2v) is 8.18. The van der Waals surface area contributed by atoms with E-state index in [-0.39, 0.29) is 17.0 Å². The molecule has 3 heterocycles. The predicted molar refractivity (Wildman–Crippen MR) is 108 cm³/mol. The van der Waals surface area contributed by atoms with Crippen molar-refractivity contribution in [1.29, 1.82) is 5.26 Å². The van der Waals surface area contributed by atoms with E-state index in [1.54, 1.807) is 27.1 Å². The first-order valence-corrected chi connectivity index (χ1v) is 9.69. The third kappa shape index (κ3) is 3.06. The summed E-state index contributed by atoms with van der Waals surface area (Å²) in [4.78, 5) is 29.2. The summed E-state index contributed by atoms with van der Waals surface area (Å²) in [5.74, 6) is 0.615. The summed E-state index contributed by atoms with van der Waals surface area (Å²) in [5, 5.41) is 9.45. The fraction of sp³-hybridized carbons (Fsp3) is 0.444. The lowest BCUT2D eigenvalue weighted by Crippen LogP contribution is -2.36. The van der Waals surface area contributed by atoms with Crippen molar-refractivity contribution in [2.75, 3.05) is 25.0 Å². The number of aromatic nitrogens is 1. The Bertz CT molecular complexity index is 921. The van der Waals surface area contributed by atoms with E-state index in [0.717, 1.165) is 37.3 Å². The zero-order chi connectivity index (χ0) is 19.0. The molecule has 0 radical (unpaired) electrons. The van der Waals surface area contributed by atoms with Gasteiger partial charge in [0.1, 0.15) is 21.8 Å². The maximum atomic E-state index is 12.6. The van der Waals surface area contributed by atoms with Gasteiger partial charge in [0.2, 0.25) is 0 Å². The molecular formula is C18H20N4O2S2. The van der Waals surface area contributed by atoms with Gasteiger partial charge in [-0.3, -0.25) is 19.1 Å². The molecule has 0 unspecified atom stereocenters. The van der Waals surface area contributed by atoms with Crippen LogP contribution in [0.15, 0.2) is 9.70 Å². The third-order valence-corrected chi connectivity index (χ3v) is 6.37. The number of carbonyl (C=O) groups is 1. The van der Waals surface area contributed by atoms with Gasteiger partial charge in [-0.2, -0.15) is 5.26 Å². The Balaban J connectivity index is 2.24. The van der Waals surface area contributed by atoms with Crippen LogP contribution in [0.1, 0.15) is 36.0 Å². The lowest BCUT2D eigenvalue weighted by molar-refractivity contribution is -0.121. The van der Waals surface area contributed by atoms with Crippen LogP contribution in [0, 0.1) is 18.3 Å². The first kappa shape index (κ1) is 18.7. The van der Waals surface area contributed by atoms with Crippen LogP contribution in [0.25, 0.3) is 6.08 Å². The molecule has 0 aromatic carbocycles. The summed E-state index contributed by atoms with van der Waals surface area (Å²) in [6.45, 7) is 3.48. The molecule has 3 rings (SSSR count). The molecule has 6 nitrogen and oxygen atoms in total. The first-order valence-electron chi connectivity index (χ1n) is 8.47. The highest BCUT2D eigenvalue weighted by atomic mass is 32.2. The second-order valence-electron chi connectivity index (χ2n) is 6.50. The molecule has 2 fully saturated rings. The van der Waals surface area contributed by atoms with Crippen LogP contribution in [0.4, 0.5) is 5.82 Å². The topological polar surface area (TPSA) is 69.3 Å². The molecule has 0 atom stereocenters. The summed E-state index contributed by atoms with van der Waals surface area (Å²) >= 11 is 6.45. The number of thioether (sulfide) groups is 1. The summed E-state index contributed by atoms with van der Waals surface area (Å²) in [5.41, 5.74) is 1.18. The largest absolute Gasteiger partial charge is 0.357 e. The van der Waals surface area contributed by atoms with Crippen LogP contribution < -0.4 is 10.5 Å². The fourth-order valence-corrected chi connectivity index (χ4v) is 4.54. The normalized spacial score (nSPS) is 19.4. The maximum absolute atomic E-state index is 12.6. The molecule has 0 aliphatic carbocycles. The van der Waals surface area contributed by atoms with E-state index in [2.05, 4.69) is 4.90 Å². The highest BCUT2D eigenvalue weighted by Gasteiger charge is 2.30. The minimum absolute atomic E-state index is 0.117. The summed E-state index contributed by atoms with van der Waals surface area (Å²) in [6.07, 6.45) is 5.07. The van der Waals surface area contributed by atoms with Crippen LogP contribution in [0.3, 0.4) is 0 Å². The van der Waals surface area contributed by atoms with Crippen molar-refractivity contribution in [3.05, 3.63) is 31.9 Å². The fourth-order valence-electron chi connectivity index (χ4n) is 3.38. The van der Waals surface area contributed by atoms with Gasteiger partial charge in [-0.15, -0.1) is 0 Å². The molecule has 2 aliphatic heterocycles. The van der Waals surface area contributed by atoms with Gasteiger partial charge in [-0.25, -0.2) is 0 Å². The van der Waals surface area contributed by atoms with E-state index < -0.39 is 0 Å². The second kappa shape index (κ2) is 7.25. The Morgan fingerprint density at radius 3 is 2.38 bits per heavy atom. The molecular weight excluding hydrogens is 368 g/mol. The van der Waals surface area contributed by atoms with Crippen molar-refractivity contribution >= 4 is 46.1 Å². The van der Waals surface area contributed by atoms with Gasteiger partial charge in [-0.05, 0) is 37.8 Å². The summed E-state index contributed by atoms with van der Waals surface area (Å²) in [7, 11) is 3.34. The zero-order valence-corrected chi connectivity index (χ0v) is 16.7. The molecule has 8 heteroatoms. The molecule has 0 N–H and O–H groups in total. The SMILES string of the molecule is Cc1c(C=C2SC(=S)N(C)C2=O)c(N2CCCCC2)n(C)c(=O)c1C#N. The summed E-state index contributed by atoms with van der Waals surface area (Å²) < 4.78 is 2.04. The predicted octanol–water partition coefficient (Wildman–Crippen LogP) is 2.39. The van der Waals surface area contributed by atoms with Gasteiger partial charge in [0.25, 0.3) is 11.5 Å². The van der Waals surface area contributed by atoms with Gasteiger partial charge in [0.05, 0.1) is 4.91 Å². The number of nitrogens with zero attached hydrogens (tertiary/aromatic N) is 4. The Morgan fingerprint density at radius 2 is 1.85 bits per heavy atom. The molecule has 2 saturated heterocycles. The number of piperidine rings is 1. The Kier molecular flexibility index (Phi) is 5.21. The number of pyridine rings is 1. The van der Waals surface area contributed by atoms with Crippen molar-refractivity contribution in [2.24, 2.45) is 7.05 Å². The van der Waals surface area contributed by atoms with E-state index in [0.29, 0.717) is 14.8 Å². The van der Waals surface area contributed by atoms with Crippen molar-refractivity contribution < 1.29 is 4.79 Å². The average molecular weight is 389 g/mol. The molecule has 1 amide bonds. The van der Waals surface area contributed by atoms with E-state index >= 15 is 0 Å². The quantitative estimate of drug-likeness (QED) is 0.572. The van der Waals surface area contributed by atoms with E-state index in [9.17, 15) is 14.9 Å². The van der Waals surface area contributed by atoms with Crippen molar-refractivity contribution in [2.45, 2.75) is 26.2 Å². The van der Waals surface area contributed by atoms with Gasteiger partial charge in [0, 0.05) is 32.7 Å². The molecule has 1 aromatic heterocycles. The maximum Gasteiger partial charge on any atom is 0.270 e. The van der Waals surface area contributed by atoms with Crippen LogP contribution >= 0.6 is 24.0 Å². The molecule has 0 bridgehead atoms. The number of thiocarbonyl (C=S) groups is 1. The highest BCUT2D eigenvalue weighted by Crippen LogP contribution is 2.35. The first-order chi connectivity index (χ1) is 12.4. The number of hydrogen-bond donors (Lipinski definition) is 0. The van der Waals surface area contributed by atoms with Crippen molar-refractivity contribution in [3.63, 3.8) is 0 Å². The van der Waals surface area contributed by atoms with Gasteiger partial charge in [-0.1, -0.05) is 24.0 Å². The van der Waals surface area contributed by atoms with Crippen molar-refractivity contribution in [1.82, 2.24) is 9.47 Å². The number of nitriles is 1. The number of hydrogen-bond acceptors (Lipinski definition) is 6. The number of anilines is 1. The minimum atomic E-state index is -0.300. The molecule has 26 heavy (non-hydrogen) atoms. The van der Waals surface area contributed by atoms with Crippen LogP contribution in [-0.2, 0) is 11.8 Å². The third-order valence-electron chi connectivity index (χ3n) is 4.89. The Labute approximate surface area is 162 Å². The zero-order valence-electron chi connectivity index (χ0n) is 15.0. The summed E-state index contributed by atoms with van der Waals surface area (Å²) in [6, 6.07) is 2.02. The van der Waals surface area contributed by atoms with E-state index in [4.69, 9.17) is 12.2 Å². The van der Waals surface area contributed by atoms with Crippen LogP contribution in [0.5, 0.6) is 0 Å². The smallest absolute Gasteiger partial charge is 0.270 e. The number of amides is 1. The number of rotatable bonds is 2. The monoisotopic (exact) mass is 388 g/mol. The van der Waals surface area contributed by atoms with Crippen LogP contribution in [-0.4, -0.2) is 39.8 Å². The van der Waals surface area contributed by atoms with Gasteiger partial charge < -0.3 is 4.90 Å². The standard InChI is InChI=1S/C18H20N4O2S2/c1-11-12(9-14-17(24)21(3)18(25)26-14)15(22-7-5-4-6-8-22)20(2)16(23)13(11)10-19/h9H,4-8H2,1-3H3. The number of likely N-dealkylation sites (N-methyl/N-ethyl adjacent to an activating group) is 1. The minimum Gasteiger partial charge on any atom is -0.357 e. The molecule has 0 saturated carbocycles. The van der Waals surface area contributed by atoms with Gasteiger partial charge >= 0.3 is 0 Å². The lowest BCUT2D eigenvalue weighted by Gasteiger charge is -2.32. The molecule has 1 aromatic rings. The highest BCUT2D eigenvalue weighted by molar-refractivity contribution is 8.26. The average Bonchev–Trinajstić information content (AvgIpc) is 2.88. The Morgan fingerprint density at radius 1 is 1.19 bits per heavy atom. The molecule has 0 spiro atoms. The number of carbonyl (C=O) groups excluding carboxylic acids is 1. The molecule has 2 aliphatic rings. The molecule has 136 valence electrons. The lowest BCUT2D eigenvalue weighted by atomic mass is 10.0. The van der Waals surface area contributed by atoms with Crippen LogP contribution in [0.2, 0.25) is 0 Å². The van der Waals surface area contributed by atoms with Gasteiger partial charge in [0.15, 0.2) is 0 Å². The van der Waals surface area contributed by atoms with E-state index in [1.807, 2.05) is 6.07 Å². The van der Waals surface area contributed by atoms with Crippen molar-refractivity contribution in [3.8, 4) is 6.07 Å².